The molecule has 0 aliphatic carbocycles. The summed E-state index contributed by atoms with van der Waals surface area (Å²) in [5, 5.41) is 0. The van der Waals surface area contributed by atoms with E-state index in [0.29, 0.717) is 31.7 Å². The second-order valence-corrected chi connectivity index (χ2v) is 4.85. The maximum atomic E-state index is 5.83. The average Bonchev–Trinajstić information content (AvgIpc) is 2.77. The van der Waals surface area contributed by atoms with Crippen molar-refractivity contribution in [3.8, 4) is 0 Å². The lowest BCUT2D eigenvalue weighted by Crippen LogP contribution is -2.38. The quantitative estimate of drug-likeness (QED) is 0.776. The molecule has 8 nitrogen and oxygen atoms in total. The molecule has 1 aromatic heterocycles. The van der Waals surface area contributed by atoms with Crippen LogP contribution in [0.1, 0.15) is 6.42 Å². The monoisotopic (exact) mass is 280 g/mol. The van der Waals surface area contributed by atoms with Gasteiger partial charge in [-0.1, -0.05) is 0 Å². The number of nitrogens with two attached hydrogens (primary N) is 1. The number of ether oxygens (including phenoxy) is 2. The van der Waals surface area contributed by atoms with Gasteiger partial charge in [0.2, 0.25) is 17.8 Å². The first-order valence-corrected chi connectivity index (χ1v) is 7.00. The molecule has 2 saturated heterocycles. The Morgan fingerprint density at radius 2 is 1.30 bits per heavy atom. The molecule has 3 rings (SSSR count). The van der Waals surface area contributed by atoms with Gasteiger partial charge in [-0.25, -0.2) is 0 Å². The molecular formula is C12H20N6O2. The summed E-state index contributed by atoms with van der Waals surface area (Å²) >= 11 is 0. The van der Waals surface area contributed by atoms with Crippen molar-refractivity contribution in [2.24, 2.45) is 0 Å². The Bertz CT molecular complexity index is 444. The second kappa shape index (κ2) is 6.19. The highest BCUT2D eigenvalue weighted by atomic mass is 16.5. The first-order valence-electron chi connectivity index (χ1n) is 7.00. The van der Waals surface area contributed by atoms with E-state index in [1.165, 1.54) is 0 Å². The normalized spacial score (nSPS) is 20.8. The van der Waals surface area contributed by atoms with E-state index >= 15 is 0 Å². The summed E-state index contributed by atoms with van der Waals surface area (Å²) in [4.78, 5) is 17.3. The van der Waals surface area contributed by atoms with E-state index in [-0.39, 0.29) is 5.95 Å². The highest BCUT2D eigenvalue weighted by Crippen LogP contribution is 2.17. The number of nitrogen functional groups attached to an aromatic ring is 1. The molecule has 0 saturated carbocycles. The van der Waals surface area contributed by atoms with Crippen molar-refractivity contribution in [3.63, 3.8) is 0 Å². The zero-order valence-electron chi connectivity index (χ0n) is 11.5. The van der Waals surface area contributed by atoms with Crippen LogP contribution in [-0.4, -0.2) is 67.6 Å². The van der Waals surface area contributed by atoms with Gasteiger partial charge in [0.05, 0.1) is 19.8 Å². The number of morpholine rings is 1. The van der Waals surface area contributed by atoms with Crippen LogP contribution in [0, 0.1) is 0 Å². The van der Waals surface area contributed by atoms with Crippen LogP contribution >= 0.6 is 0 Å². The van der Waals surface area contributed by atoms with E-state index in [0.717, 1.165) is 39.2 Å². The third-order valence-corrected chi connectivity index (χ3v) is 3.43. The van der Waals surface area contributed by atoms with Crippen LogP contribution in [0.15, 0.2) is 0 Å². The summed E-state index contributed by atoms with van der Waals surface area (Å²) in [6.07, 6.45) is 0.971. The predicted octanol–water partition coefficient (Wildman–Crippen LogP) is -0.483. The van der Waals surface area contributed by atoms with Gasteiger partial charge >= 0.3 is 0 Å². The molecule has 2 aliphatic heterocycles. The Morgan fingerprint density at radius 3 is 1.95 bits per heavy atom. The molecule has 0 radical (unpaired) electrons. The van der Waals surface area contributed by atoms with Crippen LogP contribution in [0.2, 0.25) is 0 Å². The number of nitrogens with zero attached hydrogens (tertiary/aromatic N) is 5. The Morgan fingerprint density at radius 1 is 0.750 bits per heavy atom. The molecule has 0 unspecified atom stereocenters. The highest BCUT2D eigenvalue weighted by Gasteiger charge is 2.19. The maximum absolute atomic E-state index is 5.83. The van der Waals surface area contributed by atoms with E-state index in [2.05, 4.69) is 24.8 Å². The molecule has 3 heterocycles. The summed E-state index contributed by atoms with van der Waals surface area (Å²) in [5.74, 6) is 1.55. The third-order valence-electron chi connectivity index (χ3n) is 3.43. The molecule has 2 fully saturated rings. The van der Waals surface area contributed by atoms with Gasteiger partial charge in [0.25, 0.3) is 0 Å². The number of anilines is 3. The Hall–Kier alpha value is -1.67. The molecule has 8 heteroatoms. The molecule has 0 bridgehead atoms. The summed E-state index contributed by atoms with van der Waals surface area (Å²) in [6.45, 7) is 6.10. The molecule has 0 amide bonds. The number of hydrogen-bond donors (Lipinski definition) is 1. The third kappa shape index (κ3) is 3.07. The van der Waals surface area contributed by atoms with Gasteiger partial charge in [0.15, 0.2) is 0 Å². The SMILES string of the molecule is Nc1nc(N2CCCOCC2)nc(N2CCOCC2)n1. The molecule has 2 N–H and O–H groups in total. The first-order chi connectivity index (χ1) is 9.83. The predicted molar refractivity (Wildman–Crippen MR) is 74.9 cm³/mol. The summed E-state index contributed by atoms with van der Waals surface area (Å²) in [6, 6.07) is 0. The highest BCUT2D eigenvalue weighted by molar-refractivity contribution is 5.43. The first kappa shape index (κ1) is 13.3. The van der Waals surface area contributed by atoms with E-state index < -0.39 is 0 Å². The van der Waals surface area contributed by atoms with E-state index in [1.807, 2.05) is 0 Å². The van der Waals surface area contributed by atoms with Crippen molar-refractivity contribution >= 4 is 17.8 Å². The molecule has 0 atom stereocenters. The van der Waals surface area contributed by atoms with Crippen molar-refractivity contribution in [1.82, 2.24) is 15.0 Å². The standard InChI is InChI=1S/C12H20N6O2/c13-10-14-11(17-2-1-6-19-7-3-17)16-12(15-10)18-4-8-20-9-5-18/h1-9H2,(H2,13,14,15,16). The van der Waals surface area contributed by atoms with E-state index in [1.54, 1.807) is 0 Å². The summed E-state index contributed by atoms with van der Waals surface area (Å²) in [5.41, 5.74) is 5.83. The lowest BCUT2D eigenvalue weighted by Gasteiger charge is -2.28. The molecular weight excluding hydrogens is 260 g/mol. The van der Waals surface area contributed by atoms with Crippen LogP contribution in [0.3, 0.4) is 0 Å². The van der Waals surface area contributed by atoms with E-state index in [4.69, 9.17) is 15.2 Å². The van der Waals surface area contributed by atoms with Crippen molar-refractivity contribution in [2.45, 2.75) is 6.42 Å². The maximum Gasteiger partial charge on any atom is 0.232 e. The van der Waals surface area contributed by atoms with Crippen molar-refractivity contribution in [1.29, 1.82) is 0 Å². The Kier molecular flexibility index (Phi) is 4.12. The fraction of sp³-hybridized carbons (Fsp3) is 0.750. The Balaban J connectivity index is 1.81. The van der Waals surface area contributed by atoms with Gasteiger partial charge in [-0.15, -0.1) is 0 Å². The minimum absolute atomic E-state index is 0.265. The van der Waals surface area contributed by atoms with Gasteiger partial charge in [0, 0.05) is 32.8 Å². The molecule has 1 aromatic rings. The fourth-order valence-electron chi connectivity index (χ4n) is 2.36. The van der Waals surface area contributed by atoms with Crippen LogP contribution in [-0.2, 0) is 9.47 Å². The van der Waals surface area contributed by atoms with Gasteiger partial charge in [-0.3, -0.25) is 0 Å². The number of rotatable bonds is 2. The number of aromatic nitrogens is 3. The van der Waals surface area contributed by atoms with Gasteiger partial charge in [0.1, 0.15) is 0 Å². The van der Waals surface area contributed by atoms with Crippen molar-refractivity contribution < 1.29 is 9.47 Å². The van der Waals surface area contributed by atoms with Crippen molar-refractivity contribution in [2.75, 3.05) is 68.1 Å². The van der Waals surface area contributed by atoms with Crippen LogP contribution < -0.4 is 15.5 Å². The van der Waals surface area contributed by atoms with Gasteiger partial charge < -0.3 is 25.0 Å². The Labute approximate surface area is 117 Å². The average molecular weight is 280 g/mol. The zero-order chi connectivity index (χ0) is 13.8. The molecule has 0 aromatic carbocycles. The van der Waals surface area contributed by atoms with Gasteiger partial charge in [-0.2, -0.15) is 15.0 Å². The zero-order valence-corrected chi connectivity index (χ0v) is 11.5. The number of hydrogen-bond acceptors (Lipinski definition) is 8. The van der Waals surface area contributed by atoms with Crippen molar-refractivity contribution in [3.05, 3.63) is 0 Å². The summed E-state index contributed by atoms with van der Waals surface area (Å²) < 4.78 is 10.8. The molecule has 110 valence electrons. The van der Waals surface area contributed by atoms with Gasteiger partial charge in [-0.05, 0) is 6.42 Å². The minimum atomic E-state index is 0.265. The molecule has 20 heavy (non-hydrogen) atoms. The lowest BCUT2D eigenvalue weighted by atomic mass is 10.4. The molecule has 0 spiro atoms. The van der Waals surface area contributed by atoms with E-state index in [9.17, 15) is 0 Å². The summed E-state index contributed by atoms with van der Waals surface area (Å²) in [7, 11) is 0. The largest absolute Gasteiger partial charge is 0.380 e. The lowest BCUT2D eigenvalue weighted by molar-refractivity contribution is 0.122. The minimum Gasteiger partial charge on any atom is -0.380 e. The van der Waals surface area contributed by atoms with Crippen LogP contribution in [0.5, 0.6) is 0 Å². The fourth-order valence-corrected chi connectivity index (χ4v) is 2.36. The van der Waals surface area contributed by atoms with Crippen LogP contribution in [0.4, 0.5) is 17.8 Å². The van der Waals surface area contributed by atoms with Crippen LogP contribution in [0.25, 0.3) is 0 Å². The second-order valence-electron chi connectivity index (χ2n) is 4.85. The topological polar surface area (TPSA) is 89.6 Å². The smallest absolute Gasteiger partial charge is 0.232 e. The molecule has 2 aliphatic rings.